The molecule has 1 saturated carbocycles. The van der Waals surface area contributed by atoms with Gasteiger partial charge < -0.3 is 15.8 Å². The average molecular weight is 264 g/mol. The summed E-state index contributed by atoms with van der Waals surface area (Å²) in [5.41, 5.74) is 4.21. The molecular formula is C13H20N4O2. The monoisotopic (exact) mass is 264 g/mol. The summed E-state index contributed by atoms with van der Waals surface area (Å²) in [6, 6.07) is 1.53. The van der Waals surface area contributed by atoms with E-state index >= 15 is 0 Å². The Bertz CT molecular complexity index is 464. The number of anilines is 1. The summed E-state index contributed by atoms with van der Waals surface area (Å²) in [6.07, 6.45) is 4.60. The third-order valence-electron chi connectivity index (χ3n) is 3.49. The Morgan fingerprint density at radius 2 is 2.21 bits per heavy atom. The van der Waals surface area contributed by atoms with Gasteiger partial charge in [-0.05, 0) is 25.8 Å². The lowest BCUT2D eigenvalue weighted by atomic mass is 9.92. The van der Waals surface area contributed by atoms with Crippen LogP contribution in [0.2, 0.25) is 0 Å². The van der Waals surface area contributed by atoms with Crippen molar-refractivity contribution in [3.8, 4) is 0 Å². The number of carbonyl (C=O) groups excluding carboxylic acids is 1. The van der Waals surface area contributed by atoms with Crippen LogP contribution in [0, 0.1) is 6.92 Å². The molecule has 0 aromatic carbocycles. The topological polar surface area (TPSA) is 100 Å². The van der Waals surface area contributed by atoms with Crippen LogP contribution in [0.5, 0.6) is 0 Å². The number of carbonyl (C=O) groups is 1. The van der Waals surface area contributed by atoms with E-state index in [2.05, 4.69) is 15.7 Å². The lowest BCUT2D eigenvalue weighted by Crippen LogP contribution is -2.45. The lowest BCUT2D eigenvalue weighted by molar-refractivity contribution is 0.0717. The van der Waals surface area contributed by atoms with Crippen LogP contribution in [0.1, 0.15) is 41.7 Å². The Kier molecular flexibility index (Phi) is 4.34. The van der Waals surface area contributed by atoms with E-state index in [4.69, 9.17) is 5.84 Å². The summed E-state index contributed by atoms with van der Waals surface area (Å²) < 4.78 is 0. The Morgan fingerprint density at radius 1 is 1.47 bits per heavy atom. The van der Waals surface area contributed by atoms with Gasteiger partial charge in [0.2, 0.25) is 0 Å². The van der Waals surface area contributed by atoms with Crippen LogP contribution in [0.15, 0.2) is 12.3 Å². The number of aliphatic hydroxyl groups excluding tert-OH is 1. The van der Waals surface area contributed by atoms with Crippen molar-refractivity contribution >= 4 is 11.6 Å². The minimum Gasteiger partial charge on any atom is -0.391 e. The van der Waals surface area contributed by atoms with Crippen LogP contribution >= 0.6 is 0 Å². The minimum atomic E-state index is -0.467. The number of nitrogen functional groups attached to an aromatic ring is 1. The molecule has 6 heteroatoms. The van der Waals surface area contributed by atoms with Crippen LogP contribution < -0.4 is 16.6 Å². The first-order chi connectivity index (χ1) is 9.11. The molecule has 1 aromatic rings. The number of nitrogens with zero attached hydrogens (tertiary/aromatic N) is 1. The molecule has 104 valence electrons. The predicted molar refractivity (Wildman–Crippen MR) is 72.5 cm³/mol. The Balaban J connectivity index is 2.11. The molecule has 5 N–H and O–H groups in total. The molecule has 0 saturated heterocycles. The maximum absolute atomic E-state index is 12.2. The summed E-state index contributed by atoms with van der Waals surface area (Å²) in [5.74, 6) is 5.15. The van der Waals surface area contributed by atoms with Gasteiger partial charge in [0.25, 0.3) is 5.91 Å². The van der Waals surface area contributed by atoms with Crippen LogP contribution in [0.25, 0.3) is 0 Å². The Hall–Kier alpha value is -1.66. The van der Waals surface area contributed by atoms with E-state index in [0.717, 1.165) is 31.4 Å². The molecule has 2 atom stereocenters. The quantitative estimate of drug-likeness (QED) is 0.476. The number of aliphatic hydroxyl groups is 1. The number of aromatic nitrogens is 1. The molecule has 1 aliphatic carbocycles. The number of amides is 1. The molecule has 1 aromatic heterocycles. The number of hydrogen-bond donors (Lipinski definition) is 4. The van der Waals surface area contributed by atoms with Crippen molar-refractivity contribution in [1.82, 2.24) is 10.3 Å². The van der Waals surface area contributed by atoms with Gasteiger partial charge in [0.05, 0.1) is 23.4 Å². The maximum Gasteiger partial charge on any atom is 0.255 e. The minimum absolute atomic E-state index is 0.187. The van der Waals surface area contributed by atoms with Crippen molar-refractivity contribution in [2.45, 2.75) is 44.8 Å². The second kappa shape index (κ2) is 5.99. The molecule has 19 heavy (non-hydrogen) atoms. The summed E-state index contributed by atoms with van der Waals surface area (Å²) in [6.45, 7) is 1.83. The fourth-order valence-electron chi connectivity index (χ4n) is 2.39. The van der Waals surface area contributed by atoms with E-state index in [1.54, 1.807) is 6.07 Å². The van der Waals surface area contributed by atoms with E-state index < -0.39 is 6.10 Å². The number of hydrazine groups is 1. The van der Waals surface area contributed by atoms with Crippen molar-refractivity contribution in [1.29, 1.82) is 0 Å². The van der Waals surface area contributed by atoms with Crippen molar-refractivity contribution in [3.63, 3.8) is 0 Å². The molecule has 2 unspecified atom stereocenters. The van der Waals surface area contributed by atoms with Gasteiger partial charge in [-0.1, -0.05) is 12.8 Å². The highest BCUT2D eigenvalue weighted by molar-refractivity contribution is 5.99. The zero-order chi connectivity index (χ0) is 13.8. The van der Waals surface area contributed by atoms with Gasteiger partial charge in [-0.2, -0.15) is 0 Å². The zero-order valence-electron chi connectivity index (χ0n) is 11.0. The number of pyridine rings is 1. The molecule has 1 fully saturated rings. The molecule has 0 radical (unpaired) electrons. The number of nitrogens with one attached hydrogen (secondary N) is 2. The molecule has 2 rings (SSSR count). The van der Waals surface area contributed by atoms with E-state index in [0.29, 0.717) is 11.3 Å². The standard InChI is InChI=1S/C13H20N4O2/c1-8-6-11(17-14)9(7-15-8)13(19)16-10-4-2-3-5-12(10)18/h6-7,10,12,18H,2-5,14H2,1H3,(H,15,17)(H,16,19). The molecular weight excluding hydrogens is 244 g/mol. The van der Waals surface area contributed by atoms with E-state index in [1.165, 1.54) is 6.20 Å². The highest BCUT2D eigenvalue weighted by Gasteiger charge is 2.25. The van der Waals surface area contributed by atoms with Crippen molar-refractivity contribution in [3.05, 3.63) is 23.5 Å². The van der Waals surface area contributed by atoms with Gasteiger partial charge in [0.15, 0.2) is 0 Å². The second-order valence-corrected chi connectivity index (χ2v) is 4.95. The fourth-order valence-corrected chi connectivity index (χ4v) is 2.39. The first kappa shape index (κ1) is 13.8. The van der Waals surface area contributed by atoms with Crippen molar-refractivity contribution in [2.24, 2.45) is 5.84 Å². The van der Waals surface area contributed by atoms with E-state index in [9.17, 15) is 9.90 Å². The van der Waals surface area contributed by atoms with Gasteiger partial charge >= 0.3 is 0 Å². The number of hydrogen-bond acceptors (Lipinski definition) is 5. The molecule has 6 nitrogen and oxygen atoms in total. The van der Waals surface area contributed by atoms with Crippen LogP contribution in [0.3, 0.4) is 0 Å². The van der Waals surface area contributed by atoms with Gasteiger partial charge in [-0.25, -0.2) is 0 Å². The smallest absolute Gasteiger partial charge is 0.255 e. The largest absolute Gasteiger partial charge is 0.391 e. The predicted octanol–water partition coefficient (Wildman–Crippen LogP) is 0.709. The summed E-state index contributed by atoms with van der Waals surface area (Å²) in [4.78, 5) is 16.3. The molecule has 0 aliphatic heterocycles. The van der Waals surface area contributed by atoms with Gasteiger partial charge in [0, 0.05) is 11.9 Å². The Labute approximate surface area is 112 Å². The number of nitrogens with two attached hydrogens (primary N) is 1. The molecule has 1 aliphatic rings. The molecule has 1 heterocycles. The van der Waals surface area contributed by atoms with Gasteiger partial charge in [-0.3, -0.25) is 15.6 Å². The third-order valence-corrected chi connectivity index (χ3v) is 3.49. The maximum atomic E-state index is 12.2. The van der Waals surface area contributed by atoms with Crippen LogP contribution in [0.4, 0.5) is 5.69 Å². The second-order valence-electron chi connectivity index (χ2n) is 4.95. The fraction of sp³-hybridized carbons (Fsp3) is 0.538. The molecule has 1 amide bonds. The van der Waals surface area contributed by atoms with Gasteiger partial charge in [-0.15, -0.1) is 0 Å². The normalized spacial score (nSPS) is 22.9. The summed E-state index contributed by atoms with van der Waals surface area (Å²) in [5, 5.41) is 12.7. The zero-order valence-corrected chi connectivity index (χ0v) is 11.0. The first-order valence-electron chi connectivity index (χ1n) is 6.54. The molecule has 0 spiro atoms. The third kappa shape index (κ3) is 3.21. The Morgan fingerprint density at radius 3 is 2.89 bits per heavy atom. The lowest BCUT2D eigenvalue weighted by Gasteiger charge is -2.28. The number of aryl methyl sites for hydroxylation is 1. The molecule has 0 bridgehead atoms. The average Bonchev–Trinajstić information content (AvgIpc) is 2.41. The highest BCUT2D eigenvalue weighted by atomic mass is 16.3. The van der Waals surface area contributed by atoms with Gasteiger partial charge in [0.1, 0.15) is 0 Å². The van der Waals surface area contributed by atoms with E-state index in [-0.39, 0.29) is 11.9 Å². The van der Waals surface area contributed by atoms with Crippen molar-refractivity contribution in [2.75, 3.05) is 5.43 Å². The van der Waals surface area contributed by atoms with Crippen molar-refractivity contribution < 1.29 is 9.90 Å². The SMILES string of the molecule is Cc1cc(NN)c(C(=O)NC2CCCCC2O)cn1. The first-order valence-corrected chi connectivity index (χ1v) is 6.54. The van der Waals surface area contributed by atoms with Crippen LogP contribution in [-0.2, 0) is 0 Å². The summed E-state index contributed by atoms with van der Waals surface area (Å²) >= 11 is 0. The highest BCUT2D eigenvalue weighted by Crippen LogP contribution is 2.20. The number of rotatable bonds is 3. The summed E-state index contributed by atoms with van der Waals surface area (Å²) in [7, 11) is 0. The van der Waals surface area contributed by atoms with Crippen LogP contribution in [-0.4, -0.2) is 28.1 Å². The van der Waals surface area contributed by atoms with E-state index in [1.807, 2.05) is 6.92 Å².